The minimum Gasteiger partial charge on any atom is -0.354 e. The van der Waals surface area contributed by atoms with Crippen molar-refractivity contribution in [3.8, 4) is 11.3 Å². The Hall–Kier alpha value is -2.71. The van der Waals surface area contributed by atoms with Crippen LogP contribution in [0.15, 0.2) is 24.7 Å². The van der Waals surface area contributed by atoms with Gasteiger partial charge in [0, 0.05) is 30.4 Å². The van der Waals surface area contributed by atoms with Crippen LogP contribution in [0.3, 0.4) is 0 Å². The molecule has 0 radical (unpaired) electrons. The molecule has 1 amide bonds. The number of hydrogen-bond acceptors (Lipinski definition) is 5. The standard InChI is InChI=1S/C24H28N6OS/c1-13(2)20-21(15-9-14(3)23-26-12-27-30(23)11-15)28-17-10-19(32-22(17)20)24(31)29-8-4-5-16-18(29)6-7-25-16/h9-13,16,18,25,28H,4-8H2,1-3H3/t16-,18-/m1/s1. The molecule has 2 fully saturated rings. The number of carbonyl (C=O) groups excluding carboxylic acids is 1. The lowest BCUT2D eigenvalue weighted by Gasteiger charge is -2.37. The van der Waals surface area contributed by atoms with Gasteiger partial charge in [-0.2, -0.15) is 5.10 Å². The molecule has 0 spiro atoms. The first kappa shape index (κ1) is 19.9. The summed E-state index contributed by atoms with van der Waals surface area (Å²) in [5.41, 5.74) is 6.49. The van der Waals surface area contributed by atoms with Crippen LogP contribution in [0.25, 0.3) is 27.1 Å². The van der Waals surface area contributed by atoms with E-state index < -0.39 is 0 Å². The number of nitrogens with zero attached hydrogens (tertiary/aromatic N) is 4. The van der Waals surface area contributed by atoms with E-state index in [9.17, 15) is 4.79 Å². The molecular formula is C24H28N6OS. The molecule has 2 atom stereocenters. The number of aryl methyl sites for hydroxylation is 1. The van der Waals surface area contributed by atoms with Crippen molar-refractivity contribution in [2.75, 3.05) is 13.1 Å². The van der Waals surface area contributed by atoms with E-state index in [4.69, 9.17) is 0 Å². The van der Waals surface area contributed by atoms with Gasteiger partial charge in [-0.3, -0.25) is 4.79 Å². The molecule has 6 rings (SSSR count). The summed E-state index contributed by atoms with van der Waals surface area (Å²) in [5.74, 6) is 0.514. The highest BCUT2D eigenvalue weighted by Crippen LogP contribution is 2.41. The third-order valence-electron chi connectivity index (χ3n) is 7.03. The van der Waals surface area contributed by atoms with Crippen LogP contribution in [0.1, 0.15) is 59.8 Å². The zero-order valence-corrected chi connectivity index (χ0v) is 19.5. The van der Waals surface area contributed by atoms with E-state index in [1.807, 2.05) is 10.7 Å². The van der Waals surface area contributed by atoms with Crippen molar-refractivity contribution in [1.29, 1.82) is 0 Å². The zero-order chi connectivity index (χ0) is 22.0. The van der Waals surface area contributed by atoms with Gasteiger partial charge in [0.2, 0.25) is 0 Å². The number of amides is 1. The molecule has 2 aliphatic heterocycles. The molecule has 8 heteroatoms. The van der Waals surface area contributed by atoms with Crippen molar-refractivity contribution in [2.24, 2.45) is 0 Å². The van der Waals surface area contributed by atoms with Crippen LogP contribution in [-0.4, -0.2) is 55.6 Å². The first-order valence-corrected chi connectivity index (χ1v) is 12.3. The van der Waals surface area contributed by atoms with Gasteiger partial charge in [0.05, 0.1) is 20.8 Å². The molecule has 0 bridgehead atoms. The summed E-state index contributed by atoms with van der Waals surface area (Å²) in [4.78, 5) is 24.4. The lowest BCUT2D eigenvalue weighted by Crippen LogP contribution is -2.50. The van der Waals surface area contributed by atoms with Crippen molar-refractivity contribution < 1.29 is 4.79 Å². The van der Waals surface area contributed by atoms with Crippen molar-refractivity contribution >= 4 is 33.1 Å². The largest absolute Gasteiger partial charge is 0.354 e. The number of hydrogen-bond donors (Lipinski definition) is 2. The topological polar surface area (TPSA) is 78.3 Å². The molecule has 7 nitrogen and oxygen atoms in total. The Labute approximate surface area is 190 Å². The molecule has 2 saturated heterocycles. The maximum absolute atomic E-state index is 13.5. The zero-order valence-electron chi connectivity index (χ0n) is 18.7. The van der Waals surface area contributed by atoms with E-state index in [0.29, 0.717) is 18.0 Å². The quantitative estimate of drug-likeness (QED) is 0.489. The Morgan fingerprint density at radius 3 is 3.00 bits per heavy atom. The van der Waals surface area contributed by atoms with Crippen LogP contribution in [-0.2, 0) is 0 Å². The number of aromatic nitrogens is 4. The smallest absolute Gasteiger partial charge is 0.264 e. The molecular weight excluding hydrogens is 420 g/mol. The molecule has 0 unspecified atom stereocenters. The third kappa shape index (κ3) is 3.00. The summed E-state index contributed by atoms with van der Waals surface area (Å²) in [6, 6.07) is 5.03. The number of piperidine rings is 1. The van der Waals surface area contributed by atoms with Crippen LogP contribution in [0.2, 0.25) is 0 Å². The molecule has 2 N–H and O–H groups in total. The minimum atomic E-state index is 0.189. The maximum Gasteiger partial charge on any atom is 0.264 e. The van der Waals surface area contributed by atoms with Gasteiger partial charge >= 0.3 is 0 Å². The van der Waals surface area contributed by atoms with Gasteiger partial charge in [-0.25, -0.2) is 9.50 Å². The maximum atomic E-state index is 13.5. The lowest BCUT2D eigenvalue weighted by molar-refractivity contribution is 0.0605. The molecule has 32 heavy (non-hydrogen) atoms. The summed E-state index contributed by atoms with van der Waals surface area (Å²) in [6.45, 7) is 8.38. The number of likely N-dealkylation sites (tertiary alicyclic amines) is 1. The van der Waals surface area contributed by atoms with Crippen LogP contribution < -0.4 is 5.32 Å². The first-order valence-electron chi connectivity index (χ1n) is 11.5. The van der Waals surface area contributed by atoms with Crippen molar-refractivity contribution in [3.05, 3.63) is 40.7 Å². The molecule has 0 aromatic carbocycles. The number of aromatic amines is 1. The Morgan fingerprint density at radius 1 is 1.28 bits per heavy atom. The summed E-state index contributed by atoms with van der Waals surface area (Å²) >= 11 is 1.64. The first-order chi connectivity index (χ1) is 15.5. The van der Waals surface area contributed by atoms with Gasteiger partial charge in [-0.15, -0.1) is 11.3 Å². The van der Waals surface area contributed by atoms with E-state index in [-0.39, 0.29) is 5.91 Å². The van der Waals surface area contributed by atoms with E-state index in [1.165, 1.54) is 16.7 Å². The van der Waals surface area contributed by atoms with E-state index in [1.54, 1.807) is 17.7 Å². The summed E-state index contributed by atoms with van der Waals surface area (Å²) in [7, 11) is 0. The van der Waals surface area contributed by atoms with Crippen molar-refractivity contribution in [1.82, 2.24) is 29.8 Å². The number of pyridine rings is 1. The number of nitrogens with one attached hydrogen (secondary N) is 2. The van der Waals surface area contributed by atoms with Crippen LogP contribution >= 0.6 is 11.3 Å². The number of fused-ring (bicyclic) bond motifs is 3. The van der Waals surface area contributed by atoms with Gasteiger partial charge in [0.1, 0.15) is 6.33 Å². The van der Waals surface area contributed by atoms with E-state index >= 15 is 0 Å². The predicted octanol–water partition coefficient (Wildman–Crippen LogP) is 4.34. The third-order valence-corrected chi connectivity index (χ3v) is 8.18. The second kappa shape index (κ2) is 7.42. The van der Waals surface area contributed by atoms with Crippen LogP contribution in [0.5, 0.6) is 0 Å². The van der Waals surface area contributed by atoms with Crippen molar-refractivity contribution in [2.45, 2.75) is 58.0 Å². The number of rotatable bonds is 3. The fourth-order valence-corrected chi connectivity index (χ4v) is 6.85. The second-order valence-corrected chi connectivity index (χ2v) is 10.5. The van der Waals surface area contributed by atoms with Gasteiger partial charge in [-0.1, -0.05) is 13.8 Å². The Bertz CT molecular complexity index is 1330. The Morgan fingerprint density at radius 2 is 2.16 bits per heavy atom. The molecule has 0 aliphatic carbocycles. The molecule has 4 aromatic heterocycles. The predicted molar refractivity (Wildman–Crippen MR) is 127 cm³/mol. The fourth-order valence-electron chi connectivity index (χ4n) is 5.58. The second-order valence-electron chi connectivity index (χ2n) is 9.42. The van der Waals surface area contributed by atoms with Gasteiger partial charge in [0.25, 0.3) is 5.91 Å². The fraction of sp³-hybridized carbons (Fsp3) is 0.458. The monoisotopic (exact) mass is 448 g/mol. The minimum absolute atomic E-state index is 0.189. The molecule has 166 valence electrons. The summed E-state index contributed by atoms with van der Waals surface area (Å²) in [5, 5.41) is 7.91. The summed E-state index contributed by atoms with van der Waals surface area (Å²) in [6.07, 6.45) is 6.94. The SMILES string of the molecule is Cc1cc(-c2[nH]c3cc(C(=O)N4CCC[C@H]5NCC[C@H]54)sc3c2C(C)C)cn2ncnc12. The highest BCUT2D eigenvalue weighted by atomic mass is 32.1. The van der Waals surface area contributed by atoms with Gasteiger partial charge in [-0.05, 0) is 61.9 Å². The van der Waals surface area contributed by atoms with Gasteiger partial charge < -0.3 is 15.2 Å². The van der Waals surface area contributed by atoms with Crippen molar-refractivity contribution in [3.63, 3.8) is 0 Å². The summed E-state index contributed by atoms with van der Waals surface area (Å²) < 4.78 is 3.02. The number of thiophene rings is 1. The number of carbonyl (C=O) groups is 1. The van der Waals surface area contributed by atoms with E-state index in [0.717, 1.165) is 58.8 Å². The van der Waals surface area contributed by atoms with Crippen LogP contribution in [0, 0.1) is 6.92 Å². The lowest BCUT2D eigenvalue weighted by atomic mass is 9.97. The molecule has 6 heterocycles. The molecule has 4 aromatic rings. The normalized spacial score (nSPS) is 21.2. The highest BCUT2D eigenvalue weighted by Gasteiger charge is 2.38. The molecule has 0 saturated carbocycles. The Balaban J connectivity index is 1.41. The average Bonchev–Trinajstić information content (AvgIpc) is 3.54. The number of H-pyrrole nitrogens is 1. The van der Waals surface area contributed by atoms with Gasteiger partial charge in [0.15, 0.2) is 5.65 Å². The highest BCUT2D eigenvalue weighted by molar-refractivity contribution is 7.21. The van der Waals surface area contributed by atoms with Crippen LogP contribution in [0.4, 0.5) is 0 Å². The Kier molecular flexibility index (Phi) is 4.62. The van der Waals surface area contributed by atoms with E-state index in [2.05, 4.69) is 58.2 Å². The average molecular weight is 449 g/mol. The molecule has 2 aliphatic rings.